The topological polar surface area (TPSA) is 82.3 Å². The number of nitrogens with zero attached hydrogens (tertiary/aromatic N) is 2. The minimum Gasteiger partial charge on any atom is -0.465 e. The van der Waals surface area contributed by atoms with E-state index in [0.29, 0.717) is 10.8 Å². The monoisotopic (exact) mass is 232 g/mol. The van der Waals surface area contributed by atoms with Gasteiger partial charge in [-0.1, -0.05) is 0 Å². The van der Waals surface area contributed by atoms with Crippen LogP contribution >= 0.6 is 0 Å². The number of hydrogen-bond acceptors (Lipinski definition) is 5. The highest BCUT2D eigenvalue weighted by atomic mass is 16.6. The Morgan fingerprint density at radius 1 is 1.35 bits per heavy atom. The molecule has 86 valence electrons. The van der Waals surface area contributed by atoms with Gasteiger partial charge in [0.05, 0.1) is 23.0 Å². The number of fused-ring (bicyclic) bond motifs is 1. The number of hydrogen-bond donors (Lipinski definition) is 0. The van der Waals surface area contributed by atoms with Crippen molar-refractivity contribution in [3.8, 4) is 0 Å². The number of pyridine rings is 1. The quantitative estimate of drug-likeness (QED) is 0.448. The van der Waals surface area contributed by atoms with Gasteiger partial charge in [0.2, 0.25) is 0 Å². The van der Waals surface area contributed by atoms with Crippen LogP contribution < -0.4 is 0 Å². The summed E-state index contributed by atoms with van der Waals surface area (Å²) >= 11 is 0. The lowest BCUT2D eigenvalue weighted by Crippen LogP contribution is -2.03. The van der Waals surface area contributed by atoms with Crippen molar-refractivity contribution >= 4 is 22.4 Å². The van der Waals surface area contributed by atoms with E-state index in [-0.39, 0.29) is 11.3 Å². The highest BCUT2D eigenvalue weighted by Crippen LogP contribution is 2.27. The average Bonchev–Trinajstić information content (AvgIpc) is 2.36. The van der Waals surface area contributed by atoms with Crippen LogP contribution in [0, 0.1) is 10.1 Å². The molecule has 6 heteroatoms. The summed E-state index contributed by atoms with van der Waals surface area (Å²) in [6.07, 6.45) is 2.85. The third-order valence-electron chi connectivity index (χ3n) is 2.40. The summed E-state index contributed by atoms with van der Waals surface area (Å²) in [4.78, 5) is 25.7. The van der Waals surface area contributed by atoms with E-state index in [1.807, 2.05) is 0 Å². The normalized spacial score (nSPS) is 10.2. The van der Waals surface area contributed by atoms with E-state index in [0.717, 1.165) is 0 Å². The van der Waals surface area contributed by atoms with E-state index >= 15 is 0 Å². The molecule has 0 atom stereocenters. The average molecular weight is 232 g/mol. The van der Waals surface area contributed by atoms with Crippen molar-refractivity contribution in [3.05, 3.63) is 46.3 Å². The molecule has 1 aromatic carbocycles. The molecular weight excluding hydrogens is 224 g/mol. The second-order valence-electron chi connectivity index (χ2n) is 3.30. The molecule has 0 saturated carbocycles. The molecule has 1 heterocycles. The lowest BCUT2D eigenvalue weighted by molar-refractivity contribution is -0.383. The zero-order valence-corrected chi connectivity index (χ0v) is 8.91. The number of carbonyl (C=O) groups is 1. The molecule has 0 unspecified atom stereocenters. The van der Waals surface area contributed by atoms with Gasteiger partial charge in [0.15, 0.2) is 0 Å². The molecule has 2 rings (SSSR count). The van der Waals surface area contributed by atoms with Crippen molar-refractivity contribution < 1.29 is 14.5 Å². The molecule has 0 fully saturated rings. The number of nitro groups is 1. The number of esters is 1. The summed E-state index contributed by atoms with van der Waals surface area (Å²) in [7, 11) is 1.26. The molecular formula is C11H8N2O4. The number of rotatable bonds is 2. The molecule has 0 bridgehead atoms. The number of benzene rings is 1. The molecule has 0 aliphatic carbocycles. The van der Waals surface area contributed by atoms with Crippen LogP contribution in [0.2, 0.25) is 0 Å². The number of methoxy groups -OCH3 is 1. The molecule has 0 aliphatic rings. The van der Waals surface area contributed by atoms with Crippen molar-refractivity contribution in [2.24, 2.45) is 0 Å². The molecule has 0 radical (unpaired) electrons. The van der Waals surface area contributed by atoms with E-state index in [1.165, 1.54) is 37.7 Å². The predicted molar refractivity (Wildman–Crippen MR) is 59.7 cm³/mol. The summed E-state index contributed by atoms with van der Waals surface area (Å²) in [5, 5.41) is 11.6. The van der Waals surface area contributed by atoms with Gasteiger partial charge >= 0.3 is 5.97 Å². The standard InChI is InChI=1S/C11H8N2O4/c1-17-11(14)8-2-3-10(13(15)16)7-4-5-12-6-9(7)8/h2-6H,1H3. The van der Waals surface area contributed by atoms with Crippen LogP contribution in [0.15, 0.2) is 30.6 Å². The van der Waals surface area contributed by atoms with Crippen LogP contribution in [0.25, 0.3) is 10.8 Å². The Hall–Kier alpha value is -2.50. The number of carbonyl (C=O) groups excluding carboxylic acids is 1. The first kappa shape index (κ1) is 11.0. The van der Waals surface area contributed by atoms with Crippen LogP contribution in [0.3, 0.4) is 0 Å². The molecule has 6 nitrogen and oxygen atoms in total. The molecule has 0 spiro atoms. The Morgan fingerprint density at radius 2 is 2.12 bits per heavy atom. The minimum absolute atomic E-state index is 0.0601. The van der Waals surface area contributed by atoms with Crippen molar-refractivity contribution in [1.82, 2.24) is 4.98 Å². The smallest absolute Gasteiger partial charge is 0.338 e. The highest BCUT2D eigenvalue weighted by molar-refractivity contribution is 6.06. The molecule has 0 saturated heterocycles. The third kappa shape index (κ3) is 1.80. The van der Waals surface area contributed by atoms with E-state index in [1.54, 1.807) is 0 Å². The largest absolute Gasteiger partial charge is 0.465 e. The highest BCUT2D eigenvalue weighted by Gasteiger charge is 2.17. The van der Waals surface area contributed by atoms with Gasteiger partial charge in [-0.05, 0) is 12.1 Å². The summed E-state index contributed by atoms with van der Waals surface area (Å²) in [5.74, 6) is -0.544. The zero-order chi connectivity index (χ0) is 12.4. The first-order chi connectivity index (χ1) is 8.15. The zero-order valence-electron chi connectivity index (χ0n) is 8.91. The van der Waals surface area contributed by atoms with Gasteiger partial charge in [0.25, 0.3) is 5.69 Å². The van der Waals surface area contributed by atoms with Gasteiger partial charge in [-0.3, -0.25) is 15.1 Å². The summed E-state index contributed by atoms with van der Waals surface area (Å²) in [6.45, 7) is 0. The Morgan fingerprint density at radius 3 is 2.76 bits per heavy atom. The van der Waals surface area contributed by atoms with E-state index in [4.69, 9.17) is 0 Å². The van der Waals surface area contributed by atoms with Gasteiger partial charge in [0, 0.05) is 23.8 Å². The summed E-state index contributed by atoms with van der Waals surface area (Å²) in [5.41, 5.74) is 0.205. The maximum Gasteiger partial charge on any atom is 0.338 e. The minimum atomic E-state index is -0.544. The maximum atomic E-state index is 11.5. The van der Waals surface area contributed by atoms with Crippen LogP contribution in [-0.2, 0) is 4.74 Å². The lowest BCUT2D eigenvalue weighted by atomic mass is 10.1. The Bertz CT molecular complexity index is 609. The van der Waals surface area contributed by atoms with Crippen LogP contribution in [0.4, 0.5) is 5.69 Å². The number of nitro benzene ring substituents is 1. The fraction of sp³-hybridized carbons (Fsp3) is 0.0909. The van der Waals surface area contributed by atoms with Gasteiger partial charge < -0.3 is 4.74 Å². The Labute approximate surface area is 96.0 Å². The van der Waals surface area contributed by atoms with Gasteiger partial charge in [-0.25, -0.2) is 4.79 Å². The first-order valence-electron chi connectivity index (χ1n) is 4.74. The van der Waals surface area contributed by atoms with Gasteiger partial charge in [-0.15, -0.1) is 0 Å². The Kier molecular flexibility index (Phi) is 2.70. The fourth-order valence-corrected chi connectivity index (χ4v) is 1.62. The summed E-state index contributed by atoms with van der Waals surface area (Å²) in [6, 6.07) is 4.16. The molecule has 2 aromatic rings. The second kappa shape index (κ2) is 4.17. The lowest BCUT2D eigenvalue weighted by Gasteiger charge is -2.04. The van der Waals surface area contributed by atoms with E-state index in [9.17, 15) is 14.9 Å². The second-order valence-corrected chi connectivity index (χ2v) is 3.30. The number of aromatic nitrogens is 1. The fourth-order valence-electron chi connectivity index (χ4n) is 1.62. The third-order valence-corrected chi connectivity index (χ3v) is 2.40. The molecule has 17 heavy (non-hydrogen) atoms. The van der Waals surface area contributed by atoms with E-state index < -0.39 is 10.9 Å². The molecule has 1 aromatic heterocycles. The van der Waals surface area contributed by atoms with E-state index in [2.05, 4.69) is 9.72 Å². The van der Waals surface area contributed by atoms with Crippen molar-refractivity contribution in [2.45, 2.75) is 0 Å². The van der Waals surface area contributed by atoms with Gasteiger partial charge in [-0.2, -0.15) is 0 Å². The van der Waals surface area contributed by atoms with Crippen molar-refractivity contribution in [3.63, 3.8) is 0 Å². The van der Waals surface area contributed by atoms with Crippen molar-refractivity contribution in [2.75, 3.05) is 7.11 Å². The number of non-ortho nitro benzene ring substituents is 1. The van der Waals surface area contributed by atoms with Crippen LogP contribution in [0.5, 0.6) is 0 Å². The SMILES string of the molecule is COC(=O)c1ccc([N+](=O)[O-])c2ccncc12. The van der Waals surface area contributed by atoms with Crippen molar-refractivity contribution in [1.29, 1.82) is 0 Å². The molecule has 0 aliphatic heterocycles. The maximum absolute atomic E-state index is 11.5. The number of ether oxygens (including phenoxy) is 1. The predicted octanol–water partition coefficient (Wildman–Crippen LogP) is 1.93. The van der Waals surface area contributed by atoms with Gasteiger partial charge in [0.1, 0.15) is 0 Å². The Balaban J connectivity index is 2.79. The molecule has 0 amide bonds. The summed E-state index contributed by atoms with van der Waals surface area (Å²) < 4.78 is 4.61. The van der Waals surface area contributed by atoms with Crippen LogP contribution in [0.1, 0.15) is 10.4 Å². The molecule has 0 N–H and O–H groups in total. The van der Waals surface area contributed by atoms with Crippen LogP contribution in [-0.4, -0.2) is 23.0 Å². The first-order valence-corrected chi connectivity index (χ1v) is 4.74.